The Labute approximate surface area is 647 Å². The van der Waals surface area contributed by atoms with E-state index < -0.39 is 134 Å². The number of ether oxygens (including phenoxy) is 4. The molecule has 14 N–H and O–H groups in total. The molecule has 0 bridgehead atoms. The minimum Gasteiger partial charge on any atom is -0.481 e. The second-order valence-corrected chi connectivity index (χ2v) is 28.5. The Bertz CT molecular complexity index is 2910. The van der Waals surface area contributed by atoms with Gasteiger partial charge in [0.15, 0.2) is 17.3 Å². The lowest BCUT2D eigenvalue weighted by Crippen LogP contribution is -2.46. The lowest BCUT2D eigenvalue weighted by Gasteiger charge is -2.28. The average Bonchev–Trinajstić information content (AvgIpc) is 0.867. The molecule has 31 heteroatoms. The van der Waals surface area contributed by atoms with Gasteiger partial charge in [-0.3, -0.25) is 71.9 Å². The zero-order valence-corrected chi connectivity index (χ0v) is 65.1. The number of carbonyl (C=O) groups excluding carboxylic acids is 10. The van der Waals surface area contributed by atoms with Crippen LogP contribution in [0.15, 0.2) is 24.3 Å². The summed E-state index contributed by atoms with van der Waals surface area (Å²) in [5.41, 5.74) is 12.1. The van der Waals surface area contributed by atoms with Crippen molar-refractivity contribution in [2.24, 2.45) is 29.4 Å². The number of primary amides is 1. The maximum atomic E-state index is 13.5. The maximum Gasteiger partial charge on any atom is 0.306 e. The first-order chi connectivity index (χ1) is 52.6. The lowest BCUT2D eigenvalue weighted by molar-refractivity contribution is -0.145. The van der Waals surface area contributed by atoms with Crippen LogP contribution in [0, 0.1) is 23.7 Å². The van der Waals surface area contributed by atoms with E-state index in [2.05, 4.69) is 33.5 Å². The van der Waals surface area contributed by atoms with Crippen molar-refractivity contribution in [1.82, 2.24) is 26.6 Å². The molecule has 1 fully saturated rings. The standard InChI is InChI=1S/C51H83N3O16.C28H46N4O8/c1-35(55)40(26-30-48(64)65)54-50(68)38(25-29-47(62)63)32-43(57)41(27-31-49(66)67)53-45(59)28-24-39(51(69)70)33-42(56)37-22-20-36(21-23-37)34-52-44(58)18-16-14-12-10-8-6-4-2-3-5-7-9-11-13-15-17-19-46(60)61;1-2-3-14-37-16-18-39-20-24(33)7-6-15-38-17-19-40-21-26(34)32-25(27(30)35)8-4-5-13-31-28(36)22-9-11-23(29)12-10-22/h36-41H,2-34H2,1H3,(H,52,58)(H,53,59)(H,54,68)(H,60,61)(H,62,63)(H,64,65)(H,66,67)(H,69,70);9-12,25H,2-8,13-21,29H2,1H3,(H2,30,35)(H,31,36)(H,32,34). The van der Waals surface area contributed by atoms with Gasteiger partial charge in [0.25, 0.3) is 5.91 Å². The van der Waals surface area contributed by atoms with E-state index in [1.807, 2.05) is 0 Å². The minimum atomic E-state index is -1.45. The number of unbranched alkanes of at least 4 members (excludes halogenated alkanes) is 17. The number of benzene rings is 1. The molecule has 0 heterocycles. The third-order valence-electron chi connectivity index (χ3n) is 19.0. The smallest absolute Gasteiger partial charge is 0.306 e. The largest absolute Gasteiger partial charge is 0.481 e. The highest BCUT2D eigenvalue weighted by molar-refractivity contribution is 5.96. The number of amides is 6. The van der Waals surface area contributed by atoms with Gasteiger partial charge in [0.05, 0.1) is 44.4 Å². The van der Waals surface area contributed by atoms with Crippen LogP contribution in [-0.2, 0) is 86.1 Å². The quantitative estimate of drug-likeness (QED) is 0.0214. The van der Waals surface area contributed by atoms with Gasteiger partial charge in [-0.05, 0) is 133 Å². The molecular weight excluding hydrogens is 1430 g/mol. The zero-order valence-electron chi connectivity index (χ0n) is 65.1. The molecule has 1 aromatic rings. The molecule has 1 aliphatic carbocycles. The highest BCUT2D eigenvalue weighted by atomic mass is 16.5. The Hall–Kier alpha value is -8.29. The van der Waals surface area contributed by atoms with Gasteiger partial charge in [-0.25, -0.2) is 0 Å². The highest BCUT2D eigenvalue weighted by Crippen LogP contribution is 2.31. The zero-order chi connectivity index (χ0) is 81.7. The van der Waals surface area contributed by atoms with Crippen LogP contribution < -0.4 is 38.1 Å². The van der Waals surface area contributed by atoms with E-state index in [1.165, 1.54) is 64.2 Å². The summed E-state index contributed by atoms with van der Waals surface area (Å²) in [6.45, 7) is 6.46. The summed E-state index contributed by atoms with van der Waals surface area (Å²) in [6, 6.07) is 3.10. The number of hydrogen-bond donors (Lipinski definition) is 12. The normalized spacial score (nSPS) is 14.5. The van der Waals surface area contributed by atoms with Crippen LogP contribution in [0.4, 0.5) is 5.69 Å². The number of nitrogens with one attached hydrogen (secondary N) is 5. The number of nitrogen functional groups attached to an aromatic ring is 1. The number of rotatable bonds is 69. The van der Waals surface area contributed by atoms with Crippen molar-refractivity contribution in [2.45, 2.75) is 282 Å². The topological polar surface area (TPSA) is 506 Å². The number of Topliss-reactive ketones (excluding diaryl/α,β-unsaturated/α-hetero) is 4. The number of anilines is 1. The van der Waals surface area contributed by atoms with Gasteiger partial charge < -0.3 is 82.5 Å². The predicted octanol–water partition coefficient (Wildman–Crippen LogP) is 8.54. The molecule has 0 radical (unpaired) electrons. The van der Waals surface area contributed by atoms with E-state index in [4.69, 9.17) is 40.6 Å². The Kier molecular flexibility index (Phi) is 57.4. The first-order valence-corrected chi connectivity index (χ1v) is 39.7. The molecule has 0 aliphatic heterocycles. The highest BCUT2D eigenvalue weighted by Gasteiger charge is 2.33. The van der Waals surface area contributed by atoms with Crippen molar-refractivity contribution >= 4 is 94.1 Å². The lowest BCUT2D eigenvalue weighted by atomic mass is 9.78. The van der Waals surface area contributed by atoms with Crippen molar-refractivity contribution in [3.05, 3.63) is 29.8 Å². The molecule has 1 aromatic carbocycles. The van der Waals surface area contributed by atoms with Crippen LogP contribution in [0.2, 0.25) is 0 Å². The van der Waals surface area contributed by atoms with Crippen LogP contribution in [0.3, 0.4) is 0 Å². The maximum absolute atomic E-state index is 13.5. The van der Waals surface area contributed by atoms with E-state index in [1.54, 1.807) is 24.3 Å². The van der Waals surface area contributed by atoms with Crippen LogP contribution in [-0.4, -0.2) is 198 Å². The third-order valence-corrected chi connectivity index (χ3v) is 19.0. The van der Waals surface area contributed by atoms with E-state index in [9.17, 15) is 87.2 Å². The van der Waals surface area contributed by atoms with Gasteiger partial charge in [-0.1, -0.05) is 103 Å². The molecule has 110 heavy (non-hydrogen) atoms. The van der Waals surface area contributed by atoms with Gasteiger partial charge in [0.1, 0.15) is 25.0 Å². The number of ketones is 4. The fraction of sp³-hybridized carbons (Fsp3) is 0.734. The summed E-state index contributed by atoms with van der Waals surface area (Å²) in [4.78, 5) is 182. The molecule has 31 nitrogen and oxygen atoms in total. The van der Waals surface area contributed by atoms with E-state index in [0.29, 0.717) is 115 Å². The Morgan fingerprint density at radius 2 is 0.936 bits per heavy atom. The number of nitrogens with two attached hydrogens (primary N) is 2. The fourth-order valence-corrected chi connectivity index (χ4v) is 12.3. The molecule has 2 rings (SSSR count). The van der Waals surface area contributed by atoms with Crippen molar-refractivity contribution in [3.8, 4) is 0 Å². The molecule has 6 amide bonds. The van der Waals surface area contributed by atoms with Gasteiger partial charge in [-0.2, -0.15) is 0 Å². The minimum absolute atomic E-state index is 0.0111. The number of carboxylic acids is 5. The van der Waals surface area contributed by atoms with Gasteiger partial charge in [-0.15, -0.1) is 0 Å². The summed E-state index contributed by atoms with van der Waals surface area (Å²) >= 11 is 0. The SMILES string of the molecule is CC(=O)C(CCC(=O)O)NC(=O)C(CCC(=O)O)CC(=O)C(CCC(=O)O)NC(=O)CCC(CC(=O)C1CCC(CNC(=O)CCCCCCCCCCCCCCCCCCC(=O)O)CC1)C(=O)O.CCCCOCCOCC(=O)CCCOCCOCC(=O)NC(CCCCNC(=O)c1ccc(N)cc1)C(N)=O. The molecule has 0 aromatic heterocycles. The molecule has 0 spiro atoms. The first kappa shape index (κ1) is 99.7. The Balaban J connectivity index is 0.00000128. The fourth-order valence-electron chi connectivity index (χ4n) is 12.3. The van der Waals surface area contributed by atoms with Crippen molar-refractivity contribution in [3.63, 3.8) is 0 Å². The number of aliphatic carboxylic acids is 5. The molecule has 0 saturated heterocycles. The Morgan fingerprint density at radius 3 is 1.46 bits per heavy atom. The number of carboxylic acid groups (broad SMARTS) is 5. The van der Waals surface area contributed by atoms with Gasteiger partial charge in [0, 0.05) is 107 Å². The van der Waals surface area contributed by atoms with E-state index >= 15 is 0 Å². The van der Waals surface area contributed by atoms with E-state index in [-0.39, 0.29) is 93.7 Å². The van der Waals surface area contributed by atoms with Crippen molar-refractivity contribution in [1.29, 1.82) is 0 Å². The molecule has 5 unspecified atom stereocenters. The number of hydrogen-bond acceptors (Lipinski definition) is 20. The summed E-state index contributed by atoms with van der Waals surface area (Å²) in [6.07, 6.45) is 21.8. The third kappa shape index (κ3) is 54.3. The van der Waals surface area contributed by atoms with Crippen molar-refractivity contribution in [2.75, 3.05) is 71.7 Å². The molecule has 1 aliphatic rings. The molecule has 1 saturated carbocycles. The van der Waals surface area contributed by atoms with Crippen LogP contribution in [0.25, 0.3) is 0 Å². The molecular formula is C79H129N7O24. The van der Waals surface area contributed by atoms with Crippen LogP contribution in [0.1, 0.15) is 275 Å². The first-order valence-electron chi connectivity index (χ1n) is 39.7. The predicted molar refractivity (Wildman–Crippen MR) is 408 cm³/mol. The molecule has 624 valence electrons. The van der Waals surface area contributed by atoms with E-state index in [0.717, 1.165) is 58.3 Å². The second-order valence-electron chi connectivity index (χ2n) is 28.5. The summed E-state index contributed by atoms with van der Waals surface area (Å²) in [7, 11) is 0. The summed E-state index contributed by atoms with van der Waals surface area (Å²) in [5, 5.41) is 59.3. The number of carbonyl (C=O) groups is 15. The van der Waals surface area contributed by atoms with Crippen LogP contribution in [0.5, 0.6) is 0 Å². The van der Waals surface area contributed by atoms with Gasteiger partial charge in [0.2, 0.25) is 29.5 Å². The Morgan fingerprint density at radius 1 is 0.445 bits per heavy atom. The second kappa shape index (κ2) is 63.4. The average molecular weight is 1560 g/mol. The summed E-state index contributed by atoms with van der Waals surface area (Å²) < 4.78 is 21.3. The molecule has 5 atom stereocenters. The van der Waals surface area contributed by atoms with Crippen LogP contribution >= 0.6 is 0 Å². The monoisotopic (exact) mass is 1560 g/mol. The summed E-state index contributed by atoms with van der Waals surface area (Å²) in [5.74, 6) is -13.1. The van der Waals surface area contributed by atoms with Gasteiger partial charge >= 0.3 is 29.8 Å². The van der Waals surface area contributed by atoms with Crippen molar-refractivity contribution < 1.29 is 116 Å².